The number of hydrogen-bond acceptors (Lipinski definition) is 5. The fourth-order valence-corrected chi connectivity index (χ4v) is 1.61. The number of ether oxygens (including phenoxy) is 1. The van der Waals surface area contributed by atoms with E-state index in [1.54, 1.807) is 24.3 Å². The molecule has 0 fully saturated rings. The van der Waals surface area contributed by atoms with Gasteiger partial charge in [-0.2, -0.15) is 5.26 Å². The molecule has 1 amide bonds. The molecular weight excluding hydrogens is 270 g/mol. The Morgan fingerprint density at radius 1 is 1.48 bits per heavy atom. The van der Waals surface area contributed by atoms with Crippen molar-refractivity contribution in [3.63, 3.8) is 0 Å². The number of nitriles is 1. The number of nitrogens with zero attached hydrogens (tertiary/aromatic N) is 1. The number of carbonyl (C=O) groups is 1. The van der Waals surface area contributed by atoms with Crippen LogP contribution in [0.2, 0.25) is 0 Å². The molecule has 0 aliphatic carbocycles. The summed E-state index contributed by atoms with van der Waals surface area (Å²) in [6, 6.07) is 8.86. The van der Waals surface area contributed by atoms with Crippen LogP contribution < -0.4 is 15.4 Å². The van der Waals surface area contributed by atoms with E-state index in [0.717, 1.165) is 6.42 Å². The van der Waals surface area contributed by atoms with Crippen molar-refractivity contribution in [3.05, 3.63) is 29.8 Å². The fraction of sp³-hybridized carbons (Fsp3) is 0.467. The third-order valence-corrected chi connectivity index (χ3v) is 2.68. The first-order valence-electron chi connectivity index (χ1n) is 6.94. The Kier molecular flexibility index (Phi) is 7.87. The van der Waals surface area contributed by atoms with E-state index in [0.29, 0.717) is 17.9 Å². The third-order valence-electron chi connectivity index (χ3n) is 2.68. The minimum absolute atomic E-state index is 0.0578. The molecule has 1 unspecified atom stereocenters. The quantitative estimate of drug-likeness (QED) is 0.613. The van der Waals surface area contributed by atoms with E-state index in [4.69, 9.17) is 10.00 Å². The monoisotopic (exact) mass is 291 g/mol. The zero-order valence-corrected chi connectivity index (χ0v) is 12.1. The first-order chi connectivity index (χ1) is 10.2. The van der Waals surface area contributed by atoms with Gasteiger partial charge in [0.2, 0.25) is 5.91 Å². The van der Waals surface area contributed by atoms with E-state index in [1.165, 1.54) is 0 Å². The number of carbonyl (C=O) groups excluding carboxylic acids is 1. The molecule has 1 aromatic carbocycles. The fourth-order valence-electron chi connectivity index (χ4n) is 1.61. The Bertz CT molecular complexity index is 485. The second-order valence-electron chi connectivity index (χ2n) is 4.55. The lowest BCUT2D eigenvalue weighted by Gasteiger charge is -2.13. The topological polar surface area (TPSA) is 94.4 Å². The van der Waals surface area contributed by atoms with Crippen LogP contribution in [-0.2, 0) is 4.79 Å². The SMILES string of the molecule is CCCNC(=O)CNCC(O)COc1ccccc1C#N. The number of para-hydroxylation sites is 1. The van der Waals surface area contributed by atoms with Gasteiger partial charge >= 0.3 is 0 Å². The van der Waals surface area contributed by atoms with Crippen molar-refractivity contribution in [2.75, 3.05) is 26.2 Å². The van der Waals surface area contributed by atoms with Crippen LogP contribution in [0.4, 0.5) is 0 Å². The number of nitrogens with one attached hydrogen (secondary N) is 2. The Hall–Kier alpha value is -2.10. The molecular formula is C15H21N3O3. The van der Waals surface area contributed by atoms with Gasteiger partial charge in [-0.3, -0.25) is 4.79 Å². The molecule has 0 aliphatic rings. The number of aliphatic hydroxyl groups excluding tert-OH is 1. The minimum Gasteiger partial charge on any atom is -0.489 e. The van der Waals surface area contributed by atoms with Crippen LogP contribution >= 0.6 is 0 Å². The normalized spacial score (nSPS) is 11.5. The highest BCUT2D eigenvalue weighted by molar-refractivity contribution is 5.77. The smallest absolute Gasteiger partial charge is 0.233 e. The predicted molar refractivity (Wildman–Crippen MR) is 78.8 cm³/mol. The molecule has 0 aromatic heterocycles. The number of amides is 1. The van der Waals surface area contributed by atoms with Gasteiger partial charge in [-0.25, -0.2) is 0 Å². The molecule has 6 heteroatoms. The molecule has 0 radical (unpaired) electrons. The highest BCUT2D eigenvalue weighted by atomic mass is 16.5. The van der Waals surface area contributed by atoms with Crippen molar-refractivity contribution in [2.24, 2.45) is 0 Å². The van der Waals surface area contributed by atoms with Crippen LogP contribution in [0.5, 0.6) is 5.75 Å². The highest BCUT2D eigenvalue weighted by Gasteiger charge is 2.08. The molecule has 1 atom stereocenters. The summed E-state index contributed by atoms with van der Waals surface area (Å²) >= 11 is 0. The summed E-state index contributed by atoms with van der Waals surface area (Å²) in [4.78, 5) is 11.3. The van der Waals surface area contributed by atoms with Crippen molar-refractivity contribution >= 4 is 5.91 Å². The Morgan fingerprint density at radius 3 is 2.95 bits per heavy atom. The summed E-state index contributed by atoms with van der Waals surface area (Å²) in [7, 11) is 0. The highest BCUT2D eigenvalue weighted by Crippen LogP contribution is 2.16. The van der Waals surface area contributed by atoms with Gasteiger partial charge in [0.05, 0.1) is 12.1 Å². The Labute approximate surface area is 124 Å². The molecule has 0 saturated heterocycles. The van der Waals surface area contributed by atoms with Gasteiger partial charge in [0.25, 0.3) is 0 Å². The molecule has 21 heavy (non-hydrogen) atoms. The molecule has 1 aromatic rings. The Balaban J connectivity index is 2.24. The minimum atomic E-state index is -0.754. The van der Waals surface area contributed by atoms with Crippen LogP contribution in [-0.4, -0.2) is 43.4 Å². The molecule has 0 saturated carbocycles. The van der Waals surface area contributed by atoms with Gasteiger partial charge in [-0.05, 0) is 18.6 Å². The summed E-state index contributed by atoms with van der Waals surface area (Å²) in [5.41, 5.74) is 0.427. The van der Waals surface area contributed by atoms with Gasteiger partial charge in [0.1, 0.15) is 24.5 Å². The van der Waals surface area contributed by atoms with Crippen LogP contribution in [0.15, 0.2) is 24.3 Å². The van der Waals surface area contributed by atoms with Gasteiger partial charge in [0.15, 0.2) is 0 Å². The maximum atomic E-state index is 11.3. The maximum Gasteiger partial charge on any atom is 0.233 e. The summed E-state index contributed by atoms with van der Waals surface area (Å²) in [5.74, 6) is 0.347. The van der Waals surface area contributed by atoms with Crippen molar-refractivity contribution in [1.82, 2.24) is 10.6 Å². The molecule has 6 nitrogen and oxygen atoms in total. The maximum absolute atomic E-state index is 11.3. The average Bonchev–Trinajstić information content (AvgIpc) is 2.51. The van der Waals surface area contributed by atoms with E-state index >= 15 is 0 Å². The average molecular weight is 291 g/mol. The van der Waals surface area contributed by atoms with Crippen LogP contribution in [0.1, 0.15) is 18.9 Å². The van der Waals surface area contributed by atoms with E-state index < -0.39 is 6.10 Å². The van der Waals surface area contributed by atoms with Crippen molar-refractivity contribution in [3.8, 4) is 11.8 Å². The van der Waals surface area contributed by atoms with Gasteiger partial charge in [-0.15, -0.1) is 0 Å². The number of hydrogen-bond donors (Lipinski definition) is 3. The second-order valence-corrected chi connectivity index (χ2v) is 4.55. The van der Waals surface area contributed by atoms with E-state index in [2.05, 4.69) is 10.6 Å². The number of aliphatic hydroxyl groups is 1. The second kappa shape index (κ2) is 9.75. The molecule has 0 spiro atoms. The van der Waals surface area contributed by atoms with E-state index in [1.807, 2.05) is 13.0 Å². The van der Waals surface area contributed by atoms with E-state index in [-0.39, 0.29) is 25.6 Å². The van der Waals surface area contributed by atoms with Crippen LogP contribution in [0.25, 0.3) is 0 Å². The van der Waals surface area contributed by atoms with Crippen molar-refractivity contribution in [1.29, 1.82) is 5.26 Å². The molecule has 0 heterocycles. The summed E-state index contributed by atoms with van der Waals surface area (Å²) < 4.78 is 5.40. The number of rotatable bonds is 9. The van der Waals surface area contributed by atoms with E-state index in [9.17, 15) is 9.90 Å². The lowest BCUT2D eigenvalue weighted by molar-refractivity contribution is -0.120. The zero-order valence-electron chi connectivity index (χ0n) is 12.1. The first-order valence-corrected chi connectivity index (χ1v) is 6.94. The lowest BCUT2D eigenvalue weighted by atomic mass is 10.2. The molecule has 0 bridgehead atoms. The Morgan fingerprint density at radius 2 is 2.24 bits per heavy atom. The van der Waals surface area contributed by atoms with Gasteiger partial charge < -0.3 is 20.5 Å². The molecule has 114 valence electrons. The lowest BCUT2D eigenvalue weighted by Crippen LogP contribution is -2.39. The molecule has 0 aliphatic heterocycles. The predicted octanol–water partition coefficient (Wildman–Crippen LogP) is 0.414. The molecule has 3 N–H and O–H groups in total. The standard InChI is InChI=1S/C15H21N3O3/c1-2-7-18-15(20)10-17-9-13(19)11-21-14-6-4-3-5-12(14)8-16/h3-6,13,17,19H,2,7,9-11H2,1H3,(H,18,20). The zero-order chi connectivity index (χ0) is 15.5. The van der Waals surface area contributed by atoms with Gasteiger partial charge in [0, 0.05) is 13.1 Å². The third kappa shape index (κ3) is 6.75. The molecule has 1 rings (SSSR count). The van der Waals surface area contributed by atoms with Crippen LogP contribution in [0.3, 0.4) is 0 Å². The summed E-state index contributed by atoms with van der Waals surface area (Å²) in [5, 5.41) is 24.2. The van der Waals surface area contributed by atoms with Gasteiger partial charge in [-0.1, -0.05) is 19.1 Å². The first kappa shape index (κ1) is 17.0. The largest absolute Gasteiger partial charge is 0.489 e. The summed E-state index contributed by atoms with van der Waals surface area (Å²) in [6.07, 6.45) is 0.135. The van der Waals surface area contributed by atoms with Crippen LogP contribution in [0, 0.1) is 11.3 Å². The van der Waals surface area contributed by atoms with Crippen molar-refractivity contribution < 1.29 is 14.6 Å². The number of benzene rings is 1. The van der Waals surface area contributed by atoms with Crippen molar-refractivity contribution in [2.45, 2.75) is 19.4 Å². The summed E-state index contributed by atoms with van der Waals surface area (Å²) in [6.45, 7) is 3.09.